The Morgan fingerprint density at radius 3 is 2.61 bits per heavy atom. The van der Waals surface area contributed by atoms with Crippen molar-refractivity contribution in [1.29, 1.82) is 0 Å². The van der Waals surface area contributed by atoms with Crippen molar-refractivity contribution in [3.63, 3.8) is 0 Å². The Labute approximate surface area is 132 Å². The van der Waals surface area contributed by atoms with Gasteiger partial charge >= 0.3 is 0 Å². The summed E-state index contributed by atoms with van der Waals surface area (Å²) in [6.07, 6.45) is 3.19. The first kappa shape index (κ1) is 14.8. The van der Waals surface area contributed by atoms with E-state index in [2.05, 4.69) is 25.7 Å². The van der Waals surface area contributed by atoms with Gasteiger partial charge in [-0.2, -0.15) is 10.1 Å². The van der Waals surface area contributed by atoms with Gasteiger partial charge in [0, 0.05) is 7.05 Å². The van der Waals surface area contributed by atoms with Crippen LogP contribution in [0.4, 0.5) is 27.5 Å². The summed E-state index contributed by atoms with van der Waals surface area (Å²) in [6, 6.07) is 6.12. The average Bonchev–Trinajstić information content (AvgIpc) is 2.91. The first-order valence-corrected chi connectivity index (χ1v) is 6.96. The summed E-state index contributed by atoms with van der Waals surface area (Å²) in [6.45, 7) is 1.90. The second kappa shape index (κ2) is 5.91. The molecule has 0 saturated carbocycles. The zero-order valence-electron chi connectivity index (χ0n) is 12.7. The molecule has 0 aliphatic heterocycles. The summed E-state index contributed by atoms with van der Waals surface area (Å²) in [5.74, 6) is 0.670. The highest BCUT2D eigenvalue weighted by Gasteiger charge is 2.10. The maximum absolute atomic E-state index is 13.0. The van der Waals surface area contributed by atoms with E-state index in [-0.39, 0.29) is 5.82 Å². The van der Waals surface area contributed by atoms with Gasteiger partial charge in [0.05, 0.1) is 35.1 Å². The summed E-state index contributed by atoms with van der Waals surface area (Å²) < 4.78 is 14.7. The van der Waals surface area contributed by atoms with Crippen LogP contribution in [-0.2, 0) is 0 Å². The molecule has 0 atom stereocenters. The van der Waals surface area contributed by atoms with Crippen molar-refractivity contribution in [3.8, 4) is 5.69 Å². The molecule has 0 fully saturated rings. The summed E-state index contributed by atoms with van der Waals surface area (Å²) in [7, 11) is 1.74. The van der Waals surface area contributed by atoms with E-state index in [0.29, 0.717) is 17.5 Å². The van der Waals surface area contributed by atoms with Gasteiger partial charge in [0.15, 0.2) is 5.82 Å². The van der Waals surface area contributed by atoms with Crippen LogP contribution in [0.25, 0.3) is 5.69 Å². The quantitative estimate of drug-likeness (QED) is 0.685. The standard InChI is InChI=1S/C15H16FN7/c1-9-13(21-15-19-7-12(17)14(18-2)22-15)8-20-23(9)11-5-3-10(16)4-6-11/h3-8H,17H2,1-2H3,(H2,18,19,21,22). The van der Waals surface area contributed by atoms with Gasteiger partial charge in [-0.3, -0.25) is 0 Å². The molecule has 0 spiro atoms. The van der Waals surface area contributed by atoms with Crippen LogP contribution < -0.4 is 16.4 Å². The Balaban J connectivity index is 1.89. The second-order valence-electron chi connectivity index (χ2n) is 4.90. The molecule has 2 aromatic heterocycles. The van der Waals surface area contributed by atoms with Gasteiger partial charge in [0.25, 0.3) is 0 Å². The Bertz CT molecular complexity index is 826. The zero-order chi connectivity index (χ0) is 16.4. The Morgan fingerprint density at radius 2 is 1.91 bits per heavy atom. The van der Waals surface area contributed by atoms with E-state index in [1.807, 2.05) is 6.92 Å². The molecule has 0 bridgehead atoms. The van der Waals surface area contributed by atoms with Crippen molar-refractivity contribution < 1.29 is 4.39 Å². The minimum atomic E-state index is -0.285. The number of rotatable bonds is 4. The van der Waals surface area contributed by atoms with Gasteiger partial charge in [-0.25, -0.2) is 14.1 Å². The third-order valence-electron chi connectivity index (χ3n) is 3.38. The van der Waals surface area contributed by atoms with Crippen molar-refractivity contribution in [2.75, 3.05) is 23.4 Å². The lowest BCUT2D eigenvalue weighted by Gasteiger charge is -2.08. The molecule has 2 heterocycles. The van der Waals surface area contributed by atoms with Crippen molar-refractivity contribution in [3.05, 3.63) is 48.2 Å². The fraction of sp³-hybridized carbons (Fsp3) is 0.133. The smallest absolute Gasteiger partial charge is 0.229 e. The number of nitrogens with two attached hydrogens (primary N) is 1. The molecule has 7 nitrogen and oxygen atoms in total. The highest BCUT2D eigenvalue weighted by atomic mass is 19.1. The van der Waals surface area contributed by atoms with Crippen LogP contribution in [-0.4, -0.2) is 26.8 Å². The van der Waals surface area contributed by atoms with E-state index in [1.165, 1.54) is 18.3 Å². The molecule has 0 aliphatic carbocycles. The molecule has 8 heteroatoms. The SMILES string of the molecule is CNc1nc(Nc2cnn(-c3ccc(F)cc3)c2C)ncc1N. The lowest BCUT2D eigenvalue weighted by atomic mass is 10.3. The number of nitrogen functional groups attached to an aromatic ring is 1. The van der Waals surface area contributed by atoms with Gasteiger partial charge < -0.3 is 16.4 Å². The van der Waals surface area contributed by atoms with E-state index < -0.39 is 0 Å². The normalized spacial score (nSPS) is 10.6. The summed E-state index contributed by atoms with van der Waals surface area (Å²) in [5.41, 5.74) is 8.59. The van der Waals surface area contributed by atoms with E-state index >= 15 is 0 Å². The van der Waals surface area contributed by atoms with Crippen molar-refractivity contribution >= 4 is 23.1 Å². The first-order valence-electron chi connectivity index (χ1n) is 6.96. The summed E-state index contributed by atoms with van der Waals surface area (Å²) in [5, 5.41) is 10.3. The highest BCUT2D eigenvalue weighted by molar-refractivity contribution is 5.64. The van der Waals surface area contributed by atoms with E-state index in [4.69, 9.17) is 5.73 Å². The first-order chi connectivity index (χ1) is 11.1. The predicted molar refractivity (Wildman–Crippen MR) is 87.5 cm³/mol. The third-order valence-corrected chi connectivity index (χ3v) is 3.38. The van der Waals surface area contributed by atoms with Crippen molar-refractivity contribution in [2.45, 2.75) is 6.92 Å². The van der Waals surface area contributed by atoms with Crippen LogP contribution in [0.1, 0.15) is 5.69 Å². The number of aromatic nitrogens is 4. The Kier molecular flexibility index (Phi) is 3.80. The van der Waals surface area contributed by atoms with Gasteiger partial charge in [0.1, 0.15) is 5.82 Å². The van der Waals surface area contributed by atoms with Crippen LogP contribution in [0.3, 0.4) is 0 Å². The maximum Gasteiger partial charge on any atom is 0.229 e. The molecule has 0 unspecified atom stereocenters. The zero-order valence-corrected chi connectivity index (χ0v) is 12.7. The predicted octanol–water partition coefficient (Wildman–Crippen LogP) is 2.48. The molecule has 0 aliphatic rings. The number of nitrogens with one attached hydrogen (secondary N) is 2. The highest BCUT2D eigenvalue weighted by Crippen LogP contribution is 2.22. The van der Waals surface area contributed by atoms with Crippen LogP contribution in [0.15, 0.2) is 36.7 Å². The third kappa shape index (κ3) is 2.91. The van der Waals surface area contributed by atoms with Gasteiger partial charge in [-0.15, -0.1) is 0 Å². The van der Waals surface area contributed by atoms with Gasteiger partial charge in [0.2, 0.25) is 5.95 Å². The topological polar surface area (TPSA) is 93.7 Å². The molecule has 1 aromatic carbocycles. The molecule has 4 N–H and O–H groups in total. The van der Waals surface area contributed by atoms with Crippen LogP contribution in [0.5, 0.6) is 0 Å². The molecule has 0 amide bonds. The summed E-state index contributed by atoms with van der Waals surface area (Å²) >= 11 is 0. The lowest BCUT2D eigenvalue weighted by molar-refractivity contribution is 0.627. The molecule has 0 radical (unpaired) electrons. The summed E-state index contributed by atoms with van der Waals surface area (Å²) in [4.78, 5) is 8.42. The largest absolute Gasteiger partial charge is 0.394 e. The minimum Gasteiger partial charge on any atom is -0.394 e. The number of anilines is 4. The molecule has 0 saturated heterocycles. The Hall–Kier alpha value is -3.16. The number of halogens is 1. The van der Waals surface area contributed by atoms with Crippen LogP contribution in [0.2, 0.25) is 0 Å². The molecule has 3 rings (SSSR count). The van der Waals surface area contributed by atoms with E-state index in [1.54, 1.807) is 30.1 Å². The van der Waals surface area contributed by atoms with E-state index in [0.717, 1.165) is 17.1 Å². The molecular formula is C15H16FN7. The Morgan fingerprint density at radius 1 is 1.17 bits per heavy atom. The monoisotopic (exact) mass is 313 g/mol. The maximum atomic E-state index is 13.0. The van der Waals surface area contributed by atoms with Crippen LogP contribution >= 0.6 is 0 Å². The molecule has 3 aromatic rings. The number of nitrogens with zero attached hydrogens (tertiary/aromatic N) is 4. The minimum absolute atomic E-state index is 0.285. The lowest BCUT2D eigenvalue weighted by Crippen LogP contribution is -2.05. The van der Waals surface area contributed by atoms with Crippen molar-refractivity contribution in [2.24, 2.45) is 0 Å². The molecular weight excluding hydrogens is 297 g/mol. The number of benzene rings is 1. The molecule has 23 heavy (non-hydrogen) atoms. The van der Waals surface area contributed by atoms with Gasteiger partial charge in [-0.05, 0) is 31.2 Å². The van der Waals surface area contributed by atoms with Crippen LogP contribution in [0, 0.1) is 12.7 Å². The average molecular weight is 313 g/mol. The van der Waals surface area contributed by atoms with Crippen molar-refractivity contribution in [1.82, 2.24) is 19.7 Å². The second-order valence-corrected chi connectivity index (χ2v) is 4.90. The van der Waals surface area contributed by atoms with Gasteiger partial charge in [-0.1, -0.05) is 0 Å². The fourth-order valence-corrected chi connectivity index (χ4v) is 2.15. The van der Waals surface area contributed by atoms with E-state index in [9.17, 15) is 4.39 Å². The fourth-order valence-electron chi connectivity index (χ4n) is 2.15. The number of hydrogen-bond acceptors (Lipinski definition) is 6. The molecule has 118 valence electrons. The number of hydrogen-bond donors (Lipinski definition) is 3.